The highest BCUT2D eigenvalue weighted by Gasteiger charge is 2.23. The third kappa shape index (κ3) is 2.05. The number of carbonyl (C=O) groups is 1. The van der Waals surface area contributed by atoms with Gasteiger partial charge in [-0.25, -0.2) is 4.98 Å². The van der Waals surface area contributed by atoms with Crippen molar-refractivity contribution in [2.24, 2.45) is 5.92 Å². The molecule has 3 nitrogen and oxygen atoms in total. The second-order valence-electron chi connectivity index (χ2n) is 5.98. The van der Waals surface area contributed by atoms with E-state index in [2.05, 4.69) is 30.3 Å². The van der Waals surface area contributed by atoms with Crippen LogP contribution in [0.1, 0.15) is 45.0 Å². The second-order valence-corrected chi connectivity index (χ2v) is 5.98. The van der Waals surface area contributed by atoms with E-state index in [1.807, 2.05) is 32.2 Å². The first kappa shape index (κ1) is 12.8. The van der Waals surface area contributed by atoms with Gasteiger partial charge in [-0.2, -0.15) is 0 Å². The predicted octanol–water partition coefficient (Wildman–Crippen LogP) is 3.63. The highest BCUT2D eigenvalue weighted by molar-refractivity contribution is 6.08. The Kier molecular flexibility index (Phi) is 3.01. The molecule has 0 saturated heterocycles. The van der Waals surface area contributed by atoms with Gasteiger partial charge in [0.25, 0.3) is 0 Å². The van der Waals surface area contributed by atoms with Crippen LogP contribution in [0, 0.1) is 5.92 Å². The standard InChI is InChI=1S/C15H20N2O/c1-10(2)13(18)12-9-17(15(3,4)5)14-11(12)7-6-8-16-14/h6-10H,1-5H3. The number of hydrogen-bond donors (Lipinski definition) is 0. The SMILES string of the molecule is CC(C)C(=O)c1cn(C(C)(C)C)c2ncccc12. The Labute approximate surface area is 108 Å². The van der Waals surface area contributed by atoms with Crippen LogP contribution in [-0.2, 0) is 5.54 Å². The Bertz CT molecular complexity index is 588. The predicted molar refractivity (Wildman–Crippen MR) is 73.9 cm³/mol. The van der Waals surface area contributed by atoms with Gasteiger partial charge in [0, 0.05) is 34.8 Å². The third-order valence-corrected chi connectivity index (χ3v) is 3.08. The molecule has 18 heavy (non-hydrogen) atoms. The zero-order valence-corrected chi connectivity index (χ0v) is 11.7. The smallest absolute Gasteiger partial charge is 0.167 e. The molecule has 2 aromatic rings. The number of pyridine rings is 1. The van der Waals surface area contributed by atoms with Crippen molar-refractivity contribution in [1.82, 2.24) is 9.55 Å². The van der Waals surface area contributed by atoms with Crippen molar-refractivity contribution in [1.29, 1.82) is 0 Å². The van der Waals surface area contributed by atoms with Gasteiger partial charge in [-0.05, 0) is 32.9 Å². The summed E-state index contributed by atoms with van der Waals surface area (Å²) in [6.07, 6.45) is 3.72. The molecule has 0 saturated carbocycles. The first-order valence-corrected chi connectivity index (χ1v) is 6.33. The van der Waals surface area contributed by atoms with E-state index >= 15 is 0 Å². The van der Waals surface area contributed by atoms with Crippen LogP contribution in [0.2, 0.25) is 0 Å². The van der Waals surface area contributed by atoms with Crippen LogP contribution >= 0.6 is 0 Å². The normalized spacial score (nSPS) is 12.3. The molecule has 0 bridgehead atoms. The van der Waals surface area contributed by atoms with Crippen LogP contribution in [0.3, 0.4) is 0 Å². The van der Waals surface area contributed by atoms with Crippen LogP contribution in [0.5, 0.6) is 0 Å². The summed E-state index contributed by atoms with van der Waals surface area (Å²) in [6.45, 7) is 10.2. The zero-order valence-electron chi connectivity index (χ0n) is 11.7. The fraction of sp³-hybridized carbons (Fsp3) is 0.467. The monoisotopic (exact) mass is 244 g/mol. The van der Waals surface area contributed by atoms with Gasteiger partial charge >= 0.3 is 0 Å². The number of carbonyl (C=O) groups excluding carboxylic acids is 1. The topological polar surface area (TPSA) is 34.9 Å². The number of Topliss-reactive ketones (excluding diaryl/α,β-unsaturated/α-hetero) is 1. The molecule has 0 aliphatic rings. The number of hydrogen-bond acceptors (Lipinski definition) is 2. The summed E-state index contributed by atoms with van der Waals surface area (Å²) in [7, 11) is 0. The van der Waals surface area contributed by atoms with Gasteiger partial charge in [0.05, 0.1) is 0 Å². The minimum atomic E-state index is -0.0812. The Morgan fingerprint density at radius 3 is 2.56 bits per heavy atom. The van der Waals surface area contributed by atoms with Crippen molar-refractivity contribution in [2.45, 2.75) is 40.2 Å². The minimum Gasteiger partial charge on any atom is -0.326 e. The summed E-state index contributed by atoms with van der Waals surface area (Å²) < 4.78 is 2.08. The molecular weight excluding hydrogens is 224 g/mol. The molecule has 0 spiro atoms. The number of fused-ring (bicyclic) bond motifs is 1. The van der Waals surface area contributed by atoms with Crippen molar-refractivity contribution in [3.63, 3.8) is 0 Å². The van der Waals surface area contributed by atoms with E-state index in [-0.39, 0.29) is 17.2 Å². The summed E-state index contributed by atoms with van der Waals surface area (Å²) in [4.78, 5) is 16.7. The van der Waals surface area contributed by atoms with Gasteiger partial charge in [0.2, 0.25) is 0 Å². The number of nitrogens with zero attached hydrogens (tertiary/aromatic N) is 2. The molecule has 2 rings (SSSR count). The van der Waals surface area contributed by atoms with Crippen LogP contribution < -0.4 is 0 Å². The molecule has 0 N–H and O–H groups in total. The van der Waals surface area contributed by atoms with Crippen molar-refractivity contribution in [3.8, 4) is 0 Å². The van der Waals surface area contributed by atoms with Crippen molar-refractivity contribution in [2.75, 3.05) is 0 Å². The summed E-state index contributed by atoms with van der Waals surface area (Å²) in [5.41, 5.74) is 1.58. The van der Waals surface area contributed by atoms with E-state index in [0.29, 0.717) is 0 Å². The Morgan fingerprint density at radius 2 is 2.00 bits per heavy atom. The molecule has 0 radical (unpaired) electrons. The van der Waals surface area contributed by atoms with Crippen LogP contribution in [0.15, 0.2) is 24.5 Å². The van der Waals surface area contributed by atoms with E-state index in [4.69, 9.17) is 0 Å². The summed E-state index contributed by atoms with van der Waals surface area (Å²) >= 11 is 0. The maximum atomic E-state index is 12.3. The van der Waals surface area contributed by atoms with E-state index in [9.17, 15) is 4.79 Å². The highest BCUT2D eigenvalue weighted by atomic mass is 16.1. The molecule has 0 aromatic carbocycles. The quantitative estimate of drug-likeness (QED) is 0.756. The molecule has 0 atom stereocenters. The van der Waals surface area contributed by atoms with Gasteiger partial charge in [-0.1, -0.05) is 13.8 Å². The maximum Gasteiger partial charge on any atom is 0.167 e. The fourth-order valence-electron chi connectivity index (χ4n) is 2.08. The van der Waals surface area contributed by atoms with Gasteiger partial charge in [0.1, 0.15) is 5.65 Å². The van der Waals surface area contributed by atoms with Gasteiger partial charge < -0.3 is 4.57 Å². The van der Waals surface area contributed by atoms with Gasteiger partial charge in [0.15, 0.2) is 5.78 Å². The van der Waals surface area contributed by atoms with Crippen LogP contribution in [-0.4, -0.2) is 15.3 Å². The largest absolute Gasteiger partial charge is 0.326 e. The summed E-state index contributed by atoms with van der Waals surface area (Å²) in [5, 5.41) is 0.950. The van der Waals surface area contributed by atoms with E-state index in [1.54, 1.807) is 6.20 Å². The van der Waals surface area contributed by atoms with E-state index in [1.165, 1.54) is 0 Å². The number of rotatable bonds is 2. The molecule has 2 heterocycles. The lowest BCUT2D eigenvalue weighted by Crippen LogP contribution is -2.21. The van der Waals surface area contributed by atoms with Gasteiger partial charge in [-0.15, -0.1) is 0 Å². The third-order valence-electron chi connectivity index (χ3n) is 3.08. The summed E-state index contributed by atoms with van der Waals surface area (Å²) in [6, 6.07) is 3.85. The molecule has 0 fully saturated rings. The van der Waals surface area contributed by atoms with E-state index < -0.39 is 0 Å². The Morgan fingerprint density at radius 1 is 1.33 bits per heavy atom. The Balaban J connectivity index is 2.73. The minimum absolute atomic E-state index is 0.00391. The first-order chi connectivity index (χ1) is 8.32. The molecule has 0 aliphatic carbocycles. The maximum absolute atomic E-state index is 12.3. The number of aromatic nitrogens is 2. The molecule has 0 aliphatic heterocycles. The van der Waals surface area contributed by atoms with Crippen molar-refractivity contribution < 1.29 is 4.79 Å². The molecule has 96 valence electrons. The first-order valence-electron chi connectivity index (χ1n) is 6.33. The molecule has 2 aromatic heterocycles. The molecule has 0 amide bonds. The Hall–Kier alpha value is -1.64. The van der Waals surface area contributed by atoms with Crippen LogP contribution in [0.25, 0.3) is 11.0 Å². The van der Waals surface area contributed by atoms with E-state index in [0.717, 1.165) is 16.6 Å². The molecular formula is C15H20N2O. The highest BCUT2D eigenvalue weighted by Crippen LogP contribution is 2.27. The number of ketones is 1. The lowest BCUT2D eigenvalue weighted by Gasteiger charge is -2.21. The van der Waals surface area contributed by atoms with Gasteiger partial charge in [-0.3, -0.25) is 4.79 Å². The average Bonchev–Trinajstić information content (AvgIpc) is 2.66. The lowest BCUT2D eigenvalue weighted by atomic mass is 10.0. The van der Waals surface area contributed by atoms with Crippen molar-refractivity contribution in [3.05, 3.63) is 30.1 Å². The molecule has 0 unspecified atom stereocenters. The summed E-state index contributed by atoms with van der Waals surface area (Å²) in [5.74, 6) is 0.181. The second kappa shape index (κ2) is 4.23. The zero-order chi connectivity index (χ0) is 13.5. The fourth-order valence-corrected chi connectivity index (χ4v) is 2.08. The average molecular weight is 244 g/mol. The molecule has 3 heteroatoms. The van der Waals surface area contributed by atoms with Crippen molar-refractivity contribution >= 4 is 16.8 Å². The van der Waals surface area contributed by atoms with Crippen LogP contribution in [0.4, 0.5) is 0 Å². The lowest BCUT2D eigenvalue weighted by molar-refractivity contribution is 0.0940.